The lowest BCUT2D eigenvalue weighted by Crippen LogP contribution is -2.21. The van der Waals surface area contributed by atoms with Crippen LogP contribution in [0.5, 0.6) is 0 Å². The molecule has 0 heterocycles. The molecular weight excluding hydrogens is 178 g/mol. The molecule has 0 saturated heterocycles. The molecule has 0 amide bonds. The third-order valence-electron chi connectivity index (χ3n) is 2.02. The van der Waals surface area contributed by atoms with Crippen LogP contribution in [0, 0.1) is 0 Å². The van der Waals surface area contributed by atoms with Gasteiger partial charge in [0, 0.05) is 26.9 Å². The molecule has 0 unspecified atom stereocenters. The second-order valence-electron chi connectivity index (χ2n) is 3.42. The van der Waals surface area contributed by atoms with E-state index in [1.807, 2.05) is 0 Å². The Morgan fingerprint density at radius 2 is 1.79 bits per heavy atom. The number of methoxy groups -OCH3 is 1. The summed E-state index contributed by atoms with van der Waals surface area (Å²) in [7, 11) is 1.73. The summed E-state index contributed by atoms with van der Waals surface area (Å²) in [5, 5.41) is 3.31. The first kappa shape index (κ1) is 13.9. The maximum atomic E-state index is 5.45. The van der Waals surface area contributed by atoms with E-state index in [0.29, 0.717) is 0 Å². The van der Waals surface area contributed by atoms with Gasteiger partial charge in [0.05, 0.1) is 6.61 Å². The van der Waals surface area contributed by atoms with E-state index in [9.17, 15) is 0 Å². The first-order valence-electron chi connectivity index (χ1n) is 5.69. The van der Waals surface area contributed by atoms with Crippen molar-refractivity contribution in [3.63, 3.8) is 0 Å². The molecule has 0 saturated carbocycles. The van der Waals surface area contributed by atoms with Crippen molar-refractivity contribution in [3.8, 4) is 0 Å². The minimum absolute atomic E-state index is 0.830. The molecule has 0 aliphatic heterocycles. The fraction of sp³-hybridized carbons (Fsp3) is 1.00. The molecule has 3 nitrogen and oxygen atoms in total. The SMILES string of the molecule is CCCCCOCCNCCCOC. The van der Waals surface area contributed by atoms with Gasteiger partial charge in [0.15, 0.2) is 0 Å². The molecule has 0 aromatic carbocycles. The lowest BCUT2D eigenvalue weighted by atomic mass is 10.3. The monoisotopic (exact) mass is 203 g/mol. The number of unbranched alkanes of at least 4 members (excludes halogenated alkanes) is 2. The molecule has 0 aliphatic rings. The van der Waals surface area contributed by atoms with Crippen molar-refractivity contribution in [2.45, 2.75) is 32.6 Å². The molecule has 0 fully saturated rings. The Hall–Kier alpha value is -0.120. The van der Waals surface area contributed by atoms with Crippen molar-refractivity contribution in [1.82, 2.24) is 5.32 Å². The third kappa shape index (κ3) is 11.9. The molecule has 0 aromatic rings. The average molecular weight is 203 g/mol. The molecule has 86 valence electrons. The molecule has 3 heteroatoms. The van der Waals surface area contributed by atoms with Gasteiger partial charge in [-0.15, -0.1) is 0 Å². The number of ether oxygens (including phenoxy) is 2. The molecule has 0 atom stereocenters. The van der Waals surface area contributed by atoms with E-state index in [0.717, 1.165) is 39.3 Å². The molecular formula is C11H25NO2. The van der Waals surface area contributed by atoms with E-state index in [1.54, 1.807) is 7.11 Å². The zero-order chi connectivity index (χ0) is 10.5. The van der Waals surface area contributed by atoms with Gasteiger partial charge in [-0.3, -0.25) is 0 Å². The topological polar surface area (TPSA) is 30.5 Å². The molecule has 14 heavy (non-hydrogen) atoms. The fourth-order valence-electron chi connectivity index (χ4n) is 1.17. The number of nitrogens with one attached hydrogen (secondary N) is 1. The number of rotatable bonds is 11. The van der Waals surface area contributed by atoms with Gasteiger partial charge in [-0.2, -0.15) is 0 Å². The van der Waals surface area contributed by atoms with E-state index in [1.165, 1.54) is 19.3 Å². The Bertz CT molecular complexity index is 87.3. The van der Waals surface area contributed by atoms with E-state index < -0.39 is 0 Å². The summed E-state index contributed by atoms with van der Waals surface area (Å²) < 4.78 is 10.4. The normalized spacial score (nSPS) is 10.7. The third-order valence-corrected chi connectivity index (χ3v) is 2.02. The number of hydrogen-bond acceptors (Lipinski definition) is 3. The van der Waals surface area contributed by atoms with Gasteiger partial charge in [-0.05, 0) is 19.4 Å². The molecule has 0 rings (SSSR count). The van der Waals surface area contributed by atoms with Gasteiger partial charge in [0.25, 0.3) is 0 Å². The first-order chi connectivity index (χ1) is 6.91. The van der Waals surface area contributed by atoms with Crippen LogP contribution in [0.25, 0.3) is 0 Å². The van der Waals surface area contributed by atoms with Crippen LogP contribution in [0.4, 0.5) is 0 Å². The Morgan fingerprint density at radius 3 is 2.50 bits per heavy atom. The molecule has 0 aliphatic carbocycles. The number of hydrogen-bond donors (Lipinski definition) is 1. The Balaban J connectivity index is 2.78. The Kier molecular flexibility index (Phi) is 12.8. The molecule has 1 N–H and O–H groups in total. The van der Waals surface area contributed by atoms with Crippen molar-refractivity contribution < 1.29 is 9.47 Å². The van der Waals surface area contributed by atoms with E-state index in [-0.39, 0.29) is 0 Å². The van der Waals surface area contributed by atoms with Gasteiger partial charge >= 0.3 is 0 Å². The molecule has 0 bridgehead atoms. The van der Waals surface area contributed by atoms with E-state index >= 15 is 0 Å². The van der Waals surface area contributed by atoms with Crippen molar-refractivity contribution in [2.24, 2.45) is 0 Å². The van der Waals surface area contributed by atoms with Crippen molar-refractivity contribution in [2.75, 3.05) is 40.0 Å². The highest BCUT2D eigenvalue weighted by Gasteiger charge is 1.89. The van der Waals surface area contributed by atoms with Crippen LogP contribution >= 0.6 is 0 Å². The van der Waals surface area contributed by atoms with Crippen LogP contribution in [-0.2, 0) is 9.47 Å². The minimum atomic E-state index is 0.830. The summed E-state index contributed by atoms with van der Waals surface area (Å²) in [6, 6.07) is 0. The molecule has 0 spiro atoms. The second-order valence-corrected chi connectivity index (χ2v) is 3.42. The largest absolute Gasteiger partial charge is 0.385 e. The summed E-state index contributed by atoms with van der Waals surface area (Å²) >= 11 is 0. The predicted molar refractivity (Wildman–Crippen MR) is 59.7 cm³/mol. The van der Waals surface area contributed by atoms with Crippen LogP contribution in [0.1, 0.15) is 32.6 Å². The average Bonchev–Trinajstić information content (AvgIpc) is 2.21. The smallest absolute Gasteiger partial charge is 0.0590 e. The Labute approximate surface area is 88.2 Å². The highest BCUT2D eigenvalue weighted by Crippen LogP contribution is 1.93. The van der Waals surface area contributed by atoms with Gasteiger partial charge in [-0.1, -0.05) is 19.8 Å². The summed E-state index contributed by atoms with van der Waals surface area (Å²) in [5.74, 6) is 0. The standard InChI is InChI=1S/C11H25NO2/c1-3-4-5-10-14-11-8-12-7-6-9-13-2/h12H,3-11H2,1-2H3. The van der Waals surface area contributed by atoms with Crippen LogP contribution in [-0.4, -0.2) is 40.0 Å². The van der Waals surface area contributed by atoms with Crippen LogP contribution in [0.3, 0.4) is 0 Å². The van der Waals surface area contributed by atoms with E-state index in [4.69, 9.17) is 9.47 Å². The van der Waals surface area contributed by atoms with Crippen molar-refractivity contribution >= 4 is 0 Å². The summed E-state index contributed by atoms with van der Waals surface area (Å²) in [6.45, 7) is 6.76. The predicted octanol–water partition coefficient (Wildman–Crippen LogP) is 1.82. The summed E-state index contributed by atoms with van der Waals surface area (Å²) in [5.41, 5.74) is 0. The minimum Gasteiger partial charge on any atom is -0.385 e. The quantitative estimate of drug-likeness (QED) is 0.520. The zero-order valence-corrected chi connectivity index (χ0v) is 9.68. The lowest BCUT2D eigenvalue weighted by molar-refractivity contribution is 0.131. The van der Waals surface area contributed by atoms with Crippen LogP contribution in [0.15, 0.2) is 0 Å². The fourth-order valence-corrected chi connectivity index (χ4v) is 1.17. The zero-order valence-electron chi connectivity index (χ0n) is 9.68. The second kappa shape index (κ2) is 12.9. The summed E-state index contributed by atoms with van der Waals surface area (Å²) in [4.78, 5) is 0. The highest BCUT2D eigenvalue weighted by atomic mass is 16.5. The van der Waals surface area contributed by atoms with Crippen LogP contribution in [0.2, 0.25) is 0 Å². The molecule has 0 radical (unpaired) electrons. The maximum Gasteiger partial charge on any atom is 0.0590 e. The molecule has 0 aromatic heterocycles. The van der Waals surface area contributed by atoms with Crippen molar-refractivity contribution in [3.05, 3.63) is 0 Å². The highest BCUT2D eigenvalue weighted by molar-refractivity contribution is 4.46. The maximum absolute atomic E-state index is 5.45. The summed E-state index contributed by atoms with van der Waals surface area (Å²) in [6.07, 6.45) is 4.81. The van der Waals surface area contributed by atoms with Gasteiger partial charge < -0.3 is 14.8 Å². The first-order valence-corrected chi connectivity index (χ1v) is 5.69. The lowest BCUT2D eigenvalue weighted by Gasteiger charge is -2.05. The van der Waals surface area contributed by atoms with Gasteiger partial charge in [0.1, 0.15) is 0 Å². The Morgan fingerprint density at radius 1 is 0.929 bits per heavy atom. The van der Waals surface area contributed by atoms with Gasteiger partial charge in [-0.25, -0.2) is 0 Å². The van der Waals surface area contributed by atoms with Crippen LogP contribution < -0.4 is 5.32 Å². The van der Waals surface area contributed by atoms with Crippen molar-refractivity contribution in [1.29, 1.82) is 0 Å². The van der Waals surface area contributed by atoms with Gasteiger partial charge in [0.2, 0.25) is 0 Å². The van der Waals surface area contributed by atoms with E-state index in [2.05, 4.69) is 12.2 Å².